The first kappa shape index (κ1) is 20.3. The lowest BCUT2D eigenvalue weighted by Crippen LogP contribution is -2.26. The molecule has 0 bridgehead atoms. The van der Waals surface area contributed by atoms with Gasteiger partial charge in [-0.3, -0.25) is 24.3 Å². The van der Waals surface area contributed by atoms with E-state index in [4.69, 9.17) is 0 Å². The van der Waals surface area contributed by atoms with Gasteiger partial charge in [0.05, 0.1) is 32.8 Å². The van der Waals surface area contributed by atoms with Gasteiger partial charge < -0.3 is 4.90 Å². The summed E-state index contributed by atoms with van der Waals surface area (Å²) in [5.74, 6) is 0.0296. The van der Waals surface area contributed by atoms with E-state index in [-0.39, 0.29) is 23.0 Å². The van der Waals surface area contributed by atoms with Crippen LogP contribution in [0.15, 0.2) is 77.6 Å². The van der Waals surface area contributed by atoms with Crippen LogP contribution in [0.25, 0.3) is 28.2 Å². The third-order valence-electron chi connectivity index (χ3n) is 5.65. The number of likely N-dealkylation sites (N-methyl/N-ethyl adjacent to an activating group) is 1. The van der Waals surface area contributed by atoms with Crippen molar-refractivity contribution in [1.29, 1.82) is 0 Å². The zero-order valence-electron chi connectivity index (χ0n) is 17.6. The maximum absolute atomic E-state index is 13.5. The van der Waals surface area contributed by atoms with E-state index in [0.717, 1.165) is 11.3 Å². The van der Waals surface area contributed by atoms with Gasteiger partial charge in [0, 0.05) is 24.2 Å². The summed E-state index contributed by atoms with van der Waals surface area (Å²) >= 11 is 0. The molecule has 5 rings (SSSR count). The SMILES string of the molecule is CCN1C(=O)C(=Cc2nc3ccccc3c(=O)n2-c2cccc([N+](=O)[O-])c2)c2ccccc21. The Morgan fingerprint density at radius 1 is 1.00 bits per heavy atom. The summed E-state index contributed by atoms with van der Waals surface area (Å²) in [7, 11) is 0. The van der Waals surface area contributed by atoms with E-state index in [9.17, 15) is 19.7 Å². The summed E-state index contributed by atoms with van der Waals surface area (Å²) < 4.78 is 1.31. The van der Waals surface area contributed by atoms with Crippen LogP contribution >= 0.6 is 0 Å². The van der Waals surface area contributed by atoms with E-state index in [1.165, 1.54) is 22.8 Å². The predicted octanol–water partition coefficient (Wildman–Crippen LogP) is 4.20. The van der Waals surface area contributed by atoms with Crippen LogP contribution in [-0.2, 0) is 4.79 Å². The molecule has 8 nitrogen and oxygen atoms in total. The Hall–Kier alpha value is -4.59. The monoisotopic (exact) mass is 438 g/mol. The molecule has 4 aromatic rings. The number of rotatable bonds is 4. The fourth-order valence-corrected chi connectivity index (χ4v) is 4.13. The lowest BCUT2D eigenvalue weighted by Gasteiger charge is -2.13. The summed E-state index contributed by atoms with van der Waals surface area (Å²) in [5, 5.41) is 11.7. The summed E-state index contributed by atoms with van der Waals surface area (Å²) in [5.41, 5.74) is 2.20. The quantitative estimate of drug-likeness (QED) is 0.270. The van der Waals surface area contributed by atoms with Crippen LogP contribution in [0.3, 0.4) is 0 Å². The molecule has 0 saturated carbocycles. The second kappa shape index (κ2) is 7.83. The van der Waals surface area contributed by atoms with Gasteiger partial charge >= 0.3 is 0 Å². The van der Waals surface area contributed by atoms with Gasteiger partial charge in [-0.2, -0.15) is 0 Å². The predicted molar refractivity (Wildman–Crippen MR) is 126 cm³/mol. The van der Waals surface area contributed by atoms with Crippen molar-refractivity contribution in [3.63, 3.8) is 0 Å². The molecule has 0 fully saturated rings. The zero-order valence-corrected chi connectivity index (χ0v) is 17.6. The van der Waals surface area contributed by atoms with Crippen LogP contribution in [0.1, 0.15) is 18.3 Å². The molecule has 2 heterocycles. The van der Waals surface area contributed by atoms with Gasteiger partial charge in [-0.25, -0.2) is 4.98 Å². The van der Waals surface area contributed by atoms with Gasteiger partial charge in [-0.1, -0.05) is 36.4 Å². The minimum Gasteiger partial charge on any atom is -0.308 e. The van der Waals surface area contributed by atoms with Gasteiger partial charge in [0.25, 0.3) is 17.2 Å². The van der Waals surface area contributed by atoms with Crippen LogP contribution in [0.2, 0.25) is 0 Å². The molecule has 162 valence electrons. The number of aromatic nitrogens is 2. The van der Waals surface area contributed by atoms with Gasteiger partial charge in [0.15, 0.2) is 0 Å². The van der Waals surface area contributed by atoms with Crippen LogP contribution in [-0.4, -0.2) is 26.9 Å². The van der Waals surface area contributed by atoms with Crippen molar-refractivity contribution in [2.45, 2.75) is 6.92 Å². The van der Waals surface area contributed by atoms with Crippen molar-refractivity contribution in [3.05, 3.63) is 105 Å². The summed E-state index contributed by atoms with van der Waals surface area (Å²) in [4.78, 5) is 43.8. The number of nitrogens with zero attached hydrogens (tertiary/aromatic N) is 4. The average molecular weight is 438 g/mol. The number of carbonyl (C=O) groups is 1. The molecule has 1 aromatic heterocycles. The van der Waals surface area contributed by atoms with E-state index in [0.29, 0.717) is 28.7 Å². The Morgan fingerprint density at radius 2 is 1.76 bits per heavy atom. The summed E-state index contributed by atoms with van der Waals surface area (Å²) in [6.07, 6.45) is 1.59. The standard InChI is InChI=1S/C25H18N4O4/c1-2-27-22-13-6-4-10-18(22)20(24(27)30)15-23-26-21-12-5-3-11-19(21)25(31)28(23)16-8-7-9-17(14-16)29(32)33/h3-15H,2H2,1H3. The highest BCUT2D eigenvalue weighted by Gasteiger charge is 2.31. The van der Waals surface area contributed by atoms with E-state index < -0.39 is 4.92 Å². The van der Waals surface area contributed by atoms with Crippen LogP contribution in [0.5, 0.6) is 0 Å². The van der Waals surface area contributed by atoms with E-state index >= 15 is 0 Å². The molecule has 33 heavy (non-hydrogen) atoms. The molecule has 1 aliphatic heterocycles. The third-order valence-corrected chi connectivity index (χ3v) is 5.65. The summed E-state index contributed by atoms with van der Waals surface area (Å²) in [6, 6.07) is 20.1. The molecule has 0 radical (unpaired) electrons. The number of hydrogen-bond donors (Lipinski definition) is 0. The Morgan fingerprint density at radius 3 is 2.55 bits per heavy atom. The minimum absolute atomic E-state index is 0.148. The van der Waals surface area contributed by atoms with E-state index in [2.05, 4.69) is 4.98 Å². The van der Waals surface area contributed by atoms with Gasteiger partial charge in [-0.05, 0) is 37.3 Å². The Bertz CT molecular complexity index is 1540. The maximum atomic E-state index is 13.5. The molecule has 0 saturated heterocycles. The Kier molecular flexibility index (Phi) is 4.82. The van der Waals surface area contributed by atoms with Gasteiger partial charge in [0.1, 0.15) is 5.82 Å². The second-order valence-electron chi connectivity index (χ2n) is 7.53. The number of fused-ring (bicyclic) bond motifs is 2. The van der Waals surface area contributed by atoms with Crippen molar-refractivity contribution < 1.29 is 9.72 Å². The number of nitro groups is 1. The normalized spacial score (nSPS) is 14.2. The highest BCUT2D eigenvalue weighted by Crippen LogP contribution is 2.37. The maximum Gasteiger partial charge on any atom is 0.271 e. The molecule has 0 unspecified atom stereocenters. The number of anilines is 1. The molecule has 0 N–H and O–H groups in total. The Balaban J connectivity index is 1.82. The Labute approximate surface area is 188 Å². The van der Waals surface area contributed by atoms with Crippen LogP contribution < -0.4 is 10.5 Å². The highest BCUT2D eigenvalue weighted by molar-refractivity contribution is 6.35. The molecule has 0 atom stereocenters. The van der Waals surface area contributed by atoms with Crippen LogP contribution in [0, 0.1) is 10.1 Å². The smallest absolute Gasteiger partial charge is 0.271 e. The first-order valence-corrected chi connectivity index (χ1v) is 10.4. The number of benzene rings is 3. The topological polar surface area (TPSA) is 98.3 Å². The van der Waals surface area contributed by atoms with Crippen molar-refractivity contribution in [2.24, 2.45) is 0 Å². The van der Waals surface area contributed by atoms with Crippen LogP contribution in [0.4, 0.5) is 11.4 Å². The molecule has 0 aliphatic carbocycles. The zero-order chi connectivity index (χ0) is 23.1. The molecule has 1 amide bonds. The molecule has 8 heteroatoms. The van der Waals surface area contributed by atoms with Gasteiger partial charge in [0.2, 0.25) is 0 Å². The number of para-hydroxylation sites is 2. The van der Waals surface area contributed by atoms with Crippen molar-refractivity contribution in [2.75, 3.05) is 11.4 Å². The number of non-ortho nitro benzene ring substituents is 1. The number of hydrogen-bond acceptors (Lipinski definition) is 5. The van der Waals surface area contributed by atoms with Crippen molar-refractivity contribution in [3.8, 4) is 5.69 Å². The van der Waals surface area contributed by atoms with Crippen molar-refractivity contribution in [1.82, 2.24) is 9.55 Å². The average Bonchev–Trinajstić information content (AvgIpc) is 3.10. The van der Waals surface area contributed by atoms with Gasteiger partial charge in [-0.15, -0.1) is 0 Å². The molecular formula is C25H18N4O4. The highest BCUT2D eigenvalue weighted by atomic mass is 16.6. The molecule has 0 spiro atoms. The number of carbonyl (C=O) groups excluding carboxylic acids is 1. The number of nitro benzene ring substituents is 1. The fourth-order valence-electron chi connectivity index (χ4n) is 4.13. The molecule has 1 aliphatic rings. The van der Waals surface area contributed by atoms with Crippen molar-refractivity contribution >= 4 is 39.8 Å². The number of amides is 1. The van der Waals surface area contributed by atoms with E-state index in [1.54, 1.807) is 41.3 Å². The minimum atomic E-state index is -0.517. The molecule has 3 aromatic carbocycles. The summed E-state index contributed by atoms with van der Waals surface area (Å²) in [6.45, 7) is 2.39. The molecular weight excluding hydrogens is 420 g/mol. The third kappa shape index (κ3) is 3.28. The van der Waals surface area contributed by atoms with E-state index in [1.807, 2.05) is 31.2 Å². The fraction of sp³-hybridized carbons (Fsp3) is 0.0800. The lowest BCUT2D eigenvalue weighted by molar-refractivity contribution is -0.384. The first-order valence-electron chi connectivity index (χ1n) is 10.4. The lowest BCUT2D eigenvalue weighted by atomic mass is 10.1. The largest absolute Gasteiger partial charge is 0.308 e. The first-order chi connectivity index (χ1) is 16.0. The second-order valence-corrected chi connectivity index (χ2v) is 7.53.